The predicted molar refractivity (Wildman–Crippen MR) is 86.7 cm³/mol. The molecule has 0 spiro atoms. The van der Waals surface area contributed by atoms with E-state index in [-0.39, 0.29) is 5.91 Å². The molecule has 0 bridgehead atoms. The number of thiazole rings is 1. The van der Waals surface area contributed by atoms with Crippen LogP contribution >= 0.6 is 11.3 Å². The number of nitrogens with zero attached hydrogens (tertiary/aromatic N) is 1. The zero-order chi connectivity index (χ0) is 14.7. The molecule has 1 aromatic heterocycles. The molecule has 3 rings (SSSR count). The summed E-state index contributed by atoms with van der Waals surface area (Å²) in [6.45, 7) is 2.05. The first-order chi connectivity index (χ1) is 10.2. The summed E-state index contributed by atoms with van der Waals surface area (Å²) in [5, 5.41) is 5.48. The van der Waals surface area contributed by atoms with Crippen LogP contribution in [-0.4, -0.2) is 10.9 Å². The second kappa shape index (κ2) is 5.89. The van der Waals surface area contributed by atoms with Crippen LogP contribution in [0.25, 0.3) is 10.6 Å². The van der Waals surface area contributed by atoms with Crippen LogP contribution in [0, 0.1) is 6.92 Å². The van der Waals surface area contributed by atoms with Gasteiger partial charge in [0.2, 0.25) is 0 Å². The van der Waals surface area contributed by atoms with Crippen LogP contribution in [0.2, 0.25) is 0 Å². The van der Waals surface area contributed by atoms with Crippen LogP contribution in [-0.2, 0) is 0 Å². The van der Waals surface area contributed by atoms with Gasteiger partial charge in [-0.3, -0.25) is 4.79 Å². The number of hydrogen-bond acceptors (Lipinski definition) is 3. The van der Waals surface area contributed by atoms with Crippen molar-refractivity contribution in [1.82, 2.24) is 4.98 Å². The van der Waals surface area contributed by atoms with E-state index in [1.54, 1.807) is 5.38 Å². The van der Waals surface area contributed by atoms with Crippen molar-refractivity contribution in [3.63, 3.8) is 0 Å². The quantitative estimate of drug-likeness (QED) is 0.779. The van der Waals surface area contributed by atoms with Gasteiger partial charge in [0.1, 0.15) is 10.7 Å². The molecule has 0 aliphatic rings. The van der Waals surface area contributed by atoms with Crippen LogP contribution in [0.15, 0.2) is 60.0 Å². The topological polar surface area (TPSA) is 42.0 Å². The maximum Gasteiger partial charge on any atom is 0.275 e. The highest BCUT2D eigenvalue weighted by molar-refractivity contribution is 7.13. The Morgan fingerprint density at radius 1 is 1.05 bits per heavy atom. The minimum absolute atomic E-state index is 0.184. The number of amides is 1. The lowest BCUT2D eigenvalue weighted by atomic mass is 10.2. The normalized spacial score (nSPS) is 10.3. The smallest absolute Gasteiger partial charge is 0.275 e. The molecule has 0 fully saturated rings. The highest BCUT2D eigenvalue weighted by Gasteiger charge is 2.11. The van der Waals surface area contributed by atoms with E-state index in [9.17, 15) is 4.79 Å². The number of aromatic nitrogens is 1. The lowest BCUT2D eigenvalue weighted by molar-refractivity contribution is 0.102. The Kier molecular flexibility index (Phi) is 3.79. The molecule has 3 aromatic rings. The van der Waals surface area contributed by atoms with Gasteiger partial charge in [0.25, 0.3) is 5.91 Å². The Morgan fingerprint density at radius 3 is 2.48 bits per heavy atom. The first kappa shape index (κ1) is 13.5. The van der Waals surface area contributed by atoms with Crippen molar-refractivity contribution < 1.29 is 4.79 Å². The van der Waals surface area contributed by atoms with Gasteiger partial charge in [-0.2, -0.15) is 0 Å². The highest BCUT2D eigenvalue weighted by atomic mass is 32.1. The van der Waals surface area contributed by atoms with Crippen molar-refractivity contribution in [2.75, 3.05) is 5.32 Å². The van der Waals surface area contributed by atoms with E-state index < -0.39 is 0 Å². The van der Waals surface area contributed by atoms with Crippen LogP contribution in [0.1, 0.15) is 16.1 Å². The summed E-state index contributed by atoms with van der Waals surface area (Å²) in [4.78, 5) is 16.6. The van der Waals surface area contributed by atoms with Crippen molar-refractivity contribution >= 4 is 22.9 Å². The summed E-state index contributed by atoms with van der Waals surface area (Å²) in [6, 6.07) is 17.5. The molecule has 1 N–H and O–H groups in total. The second-order valence-corrected chi connectivity index (χ2v) is 5.58. The van der Waals surface area contributed by atoms with Crippen molar-refractivity contribution in [3.8, 4) is 10.6 Å². The summed E-state index contributed by atoms with van der Waals surface area (Å²) in [6.07, 6.45) is 0. The number of para-hydroxylation sites is 1. The third-order valence-corrected chi connectivity index (χ3v) is 3.96. The first-order valence-electron chi connectivity index (χ1n) is 6.61. The highest BCUT2D eigenvalue weighted by Crippen LogP contribution is 2.24. The van der Waals surface area contributed by atoms with Gasteiger partial charge in [-0.15, -0.1) is 11.3 Å². The van der Waals surface area contributed by atoms with E-state index in [2.05, 4.69) is 10.3 Å². The van der Waals surface area contributed by atoms with Crippen molar-refractivity contribution in [1.29, 1.82) is 0 Å². The number of aryl methyl sites for hydroxylation is 1. The minimum atomic E-state index is -0.184. The molecule has 0 saturated carbocycles. The summed E-state index contributed by atoms with van der Waals surface area (Å²) in [5.41, 5.74) is 3.45. The molecule has 2 aromatic carbocycles. The van der Waals surface area contributed by atoms with Gasteiger partial charge < -0.3 is 5.32 Å². The number of nitrogens with one attached hydrogen (secondary N) is 1. The Hall–Kier alpha value is -2.46. The number of anilines is 1. The Labute approximate surface area is 127 Å². The Bertz CT molecular complexity index is 748. The summed E-state index contributed by atoms with van der Waals surface area (Å²) >= 11 is 1.48. The third-order valence-electron chi connectivity index (χ3n) is 3.07. The van der Waals surface area contributed by atoms with Gasteiger partial charge in [-0.1, -0.05) is 48.0 Å². The van der Waals surface area contributed by atoms with Crippen molar-refractivity contribution in [3.05, 3.63) is 71.2 Å². The van der Waals surface area contributed by atoms with Crippen LogP contribution in [0.5, 0.6) is 0 Å². The van der Waals surface area contributed by atoms with Gasteiger partial charge in [0.05, 0.1) is 0 Å². The first-order valence-corrected chi connectivity index (χ1v) is 7.49. The number of rotatable bonds is 3. The van der Waals surface area contributed by atoms with E-state index in [1.807, 2.05) is 61.5 Å². The Morgan fingerprint density at radius 2 is 1.76 bits per heavy atom. The molecule has 0 aliphatic carbocycles. The maximum atomic E-state index is 12.1. The molecule has 0 radical (unpaired) electrons. The average Bonchev–Trinajstić information content (AvgIpc) is 2.99. The molecule has 0 atom stereocenters. The largest absolute Gasteiger partial charge is 0.321 e. The molecule has 21 heavy (non-hydrogen) atoms. The molecule has 1 amide bonds. The summed E-state index contributed by atoms with van der Waals surface area (Å²) < 4.78 is 0. The monoisotopic (exact) mass is 294 g/mol. The maximum absolute atomic E-state index is 12.1. The molecule has 0 saturated heterocycles. The molecule has 1 heterocycles. The zero-order valence-electron chi connectivity index (χ0n) is 11.5. The predicted octanol–water partition coefficient (Wildman–Crippen LogP) is 4.37. The van der Waals surface area contributed by atoms with Crippen molar-refractivity contribution in [2.45, 2.75) is 6.92 Å². The molecular weight excluding hydrogens is 280 g/mol. The van der Waals surface area contributed by atoms with Crippen LogP contribution in [0.3, 0.4) is 0 Å². The van der Waals surface area contributed by atoms with Gasteiger partial charge in [-0.25, -0.2) is 4.98 Å². The van der Waals surface area contributed by atoms with E-state index >= 15 is 0 Å². The van der Waals surface area contributed by atoms with Crippen LogP contribution in [0.4, 0.5) is 5.69 Å². The number of carbonyl (C=O) groups excluding carboxylic acids is 1. The number of benzene rings is 2. The number of carbonyl (C=O) groups is 1. The van der Waals surface area contributed by atoms with E-state index in [1.165, 1.54) is 16.9 Å². The standard InChI is InChI=1S/C17H14N2OS/c1-12-7-9-13(10-8-12)17-19-15(11-21-17)16(20)18-14-5-3-2-4-6-14/h2-11H,1H3,(H,18,20). The van der Waals surface area contributed by atoms with E-state index in [0.29, 0.717) is 5.69 Å². The number of hydrogen-bond donors (Lipinski definition) is 1. The summed E-state index contributed by atoms with van der Waals surface area (Å²) in [5.74, 6) is -0.184. The van der Waals surface area contributed by atoms with Gasteiger partial charge in [0.15, 0.2) is 0 Å². The molecule has 104 valence electrons. The van der Waals surface area contributed by atoms with Gasteiger partial charge in [0, 0.05) is 16.6 Å². The van der Waals surface area contributed by atoms with Crippen molar-refractivity contribution in [2.24, 2.45) is 0 Å². The lowest BCUT2D eigenvalue weighted by Crippen LogP contribution is -2.12. The van der Waals surface area contributed by atoms with E-state index in [0.717, 1.165) is 16.3 Å². The minimum Gasteiger partial charge on any atom is -0.321 e. The fourth-order valence-electron chi connectivity index (χ4n) is 1.92. The molecular formula is C17H14N2OS. The molecule has 0 aliphatic heterocycles. The van der Waals surface area contributed by atoms with Gasteiger partial charge in [-0.05, 0) is 19.1 Å². The zero-order valence-corrected chi connectivity index (χ0v) is 12.4. The fourth-order valence-corrected chi connectivity index (χ4v) is 2.73. The summed E-state index contributed by atoms with van der Waals surface area (Å²) in [7, 11) is 0. The Balaban J connectivity index is 1.78. The molecule has 3 nitrogen and oxygen atoms in total. The SMILES string of the molecule is Cc1ccc(-c2nc(C(=O)Nc3ccccc3)cs2)cc1. The van der Waals surface area contributed by atoms with Gasteiger partial charge >= 0.3 is 0 Å². The molecule has 0 unspecified atom stereocenters. The second-order valence-electron chi connectivity index (χ2n) is 4.72. The third kappa shape index (κ3) is 3.17. The fraction of sp³-hybridized carbons (Fsp3) is 0.0588. The van der Waals surface area contributed by atoms with Crippen LogP contribution < -0.4 is 5.32 Å². The van der Waals surface area contributed by atoms with E-state index in [4.69, 9.17) is 0 Å². The average molecular weight is 294 g/mol. The molecule has 4 heteroatoms. The lowest BCUT2D eigenvalue weighted by Gasteiger charge is -2.02.